The third-order valence-corrected chi connectivity index (χ3v) is 3.08. The summed E-state index contributed by atoms with van der Waals surface area (Å²) in [5, 5.41) is 11.0. The summed E-state index contributed by atoms with van der Waals surface area (Å²) in [7, 11) is 0. The van der Waals surface area contributed by atoms with Crippen LogP contribution in [0.2, 0.25) is 5.02 Å². The number of nitro benzene ring substituents is 1. The van der Waals surface area contributed by atoms with Crippen molar-refractivity contribution in [2.75, 3.05) is 6.61 Å². The highest BCUT2D eigenvalue weighted by molar-refractivity contribution is 6.32. The summed E-state index contributed by atoms with van der Waals surface area (Å²) in [5.74, 6) is 0.257. The number of halogens is 1. The van der Waals surface area contributed by atoms with Gasteiger partial charge in [-0.3, -0.25) is 10.1 Å². The van der Waals surface area contributed by atoms with E-state index in [2.05, 4.69) is 0 Å². The van der Waals surface area contributed by atoms with Gasteiger partial charge >= 0.3 is 0 Å². The number of non-ortho nitro benzene ring substituents is 1. The van der Waals surface area contributed by atoms with E-state index in [-0.39, 0.29) is 24.1 Å². The number of ether oxygens (including phenoxy) is 1. The molecule has 0 aliphatic carbocycles. The lowest BCUT2D eigenvalue weighted by molar-refractivity contribution is -0.384. The second-order valence-electron chi connectivity index (χ2n) is 4.20. The van der Waals surface area contributed by atoms with Crippen molar-refractivity contribution >= 4 is 17.3 Å². The Morgan fingerprint density at radius 3 is 2.60 bits per heavy atom. The van der Waals surface area contributed by atoms with E-state index >= 15 is 0 Å². The van der Waals surface area contributed by atoms with Gasteiger partial charge in [0, 0.05) is 6.07 Å². The number of hydrogen-bond donors (Lipinski definition) is 1. The predicted molar refractivity (Wildman–Crippen MR) is 77.0 cm³/mol. The first-order valence-electron chi connectivity index (χ1n) is 5.95. The van der Waals surface area contributed by atoms with E-state index in [1.807, 2.05) is 30.3 Å². The fourth-order valence-electron chi connectivity index (χ4n) is 1.69. The van der Waals surface area contributed by atoms with Gasteiger partial charge in [0.1, 0.15) is 12.4 Å². The minimum Gasteiger partial charge on any atom is -0.490 e. The summed E-state index contributed by atoms with van der Waals surface area (Å²) >= 11 is 5.94. The molecule has 6 heteroatoms. The average Bonchev–Trinajstić information content (AvgIpc) is 2.46. The molecule has 20 heavy (non-hydrogen) atoms. The zero-order chi connectivity index (χ0) is 14.5. The van der Waals surface area contributed by atoms with Crippen LogP contribution in [0.25, 0.3) is 0 Å². The van der Waals surface area contributed by atoms with Crippen molar-refractivity contribution in [1.82, 2.24) is 0 Å². The lowest BCUT2D eigenvalue weighted by Gasteiger charge is -2.14. The van der Waals surface area contributed by atoms with Crippen molar-refractivity contribution in [3.05, 3.63) is 69.2 Å². The van der Waals surface area contributed by atoms with Gasteiger partial charge in [-0.2, -0.15) is 0 Å². The summed E-state index contributed by atoms with van der Waals surface area (Å²) in [4.78, 5) is 10.2. The van der Waals surface area contributed by atoms with Crippen LogP contribution < -0.4 is 10.5 Å². The van der Waals surface area contributed by atoms with Crippen LogP contribution in [-0.2, 0) is 0 Å². The first kappa shape index (κ1) is 14.3. The number of rotatable bonds is 5. The van der Waals surface area contributed by atoms with Gasteiger partial charge in [-0.1, -0.05) is 41.9 Å². The molecule has 2 N–H and O–H groups in total. The Labute approximate surface area is 121 Å². The van der Waals surface area contributed by atoms with Gasteiger partial charge in [0.15, 0.2) is 0 Å². The van der Waals surface area contributed by atoms with Crippen LogP contribution in [0.4, 0.5) is 5.69 Å². The standard InChI is InChI=1S/C14H13ClN2O3/c15-12-7-6-11(17(18)19)8-14(12)20-9-13(16)10-4-2-1-3-5-10/h1-8,13H,9,16H2. The highest BCUT2D eigenvalue weighted by Gasteiger charge is 2.12. The summed E-state index contributed by atoms with van der Waals surface area (Å²) in [6, 6.07) is 13.2. The van der Waals surface area contributed by atoms with E-state index in [0.717, 1.165) is 5.56 Å². The van der Waals surface area contributed by atoms with Gasteiger partial charge < -0.3 is 10.5 Å². The molecule has 1 unspecified atom stereocenters. The second kappa shape index (κ2) is 6.36. The maximum atomic E-state index is 10.7. The second-order valence-corrected chi connectivity index (χ2v) is 4.61. The smallest absolute Gasteiger partial charge is 0.273 e. The normalized spacial score (nSPS) is 11.9. The van der Waals surface area contributed by atoms with Crippen molar-refractivity contribution in [3.8, 4) is 5.75 Å². The SMILES string of the molecule is NC(COc1cc([N+](=O)[O-])ccc1Cl)c1ccccc1. The molecule has 2 aromatic rings. The summed E-state index contributed by atoms with van der Waals surface area (Å²) in [6.45, 7) is 0.185. The number of nitrogens with two attached hydrogens (primary N) is 1. The lowest BCUT2D eigenvalue weighted by atomic mass is 10.1. The maximum Gasteiger partial charge on any atom is 0.273 e. The number of hydrogen-bond acceptors (Lipinski definition) is 4. The first-order chi connectivity index (χ1) is 9.58. The Hall–Kier alpha value is -2.11. The molecular formula is C14H13ClN2O3. The van der Waals surface area contributed by atoms with E-state index in [9.17, 15) is 10.1 Å². The van der Waals surface area contributed by atoms with E-state index in [4.69, 9.17) is 22.1 Å². The molecule has 0 spiro atoms. The van der Waals surface area contributed by atoms with E-state index in [1.165, 1.54) is 18.2 Å². The fourth-order valence-corrected chi connectivity index (χ4v) is 1.86. The zero-order valence-corrected chi connectivity index (χ0v) is 11.3. The third kappa shape index (κ3) is 3.46. The minimum absolute atomic E-state index is 0.0716. The van der Waals surface area contributed by atoms with Crippen LogP contribution in [0.3, 0.4) is 0 Å². The van der Waals surface area contributed by atoms with Crippen LogP contribution in [0.1, 0.15) is 11.6 Å². The summed E-state index contributed by atoms with van der Waals surface area (Å²) < 4.78 is 5.48. The van der Waals surface area contributed by atoms with Gasteiger partial charge in [-0.15, -0.1) is 0 Å². The molecule has 0 saturated heterocycles. The molecule has 5 nitrogen and oxygen atoms in total. The predicted octanol–water partition coefficient (Wildman–Crippen LogP) is 3.33. The van der Waals surface area contributed by atoms with E-state index in [0.29, 0.717) is 5.02 Å². The van der Waals surface area contributed by atoms with Crippen molar-refractivity contribution < 1.29 is 9.66 Å². The van der Waals surface area contributed by atoms with Crippen molar-refractivity contribution in [2.24, 2.45) is 5.73 Å². The van der Waals surface area contributed by atoms with Crippen molar-refractivity contribution in [1.29, 1.82) is 0 Å². The molecule has 0 bridgehead atoms. The first-order valence-corrected chi connectivity index (χ1v) is 6.33. The molecule has 0 aliphatic heterocycles. The molecule has 0 aromatic heterocycles. The summed E-state index contributed by atoms with van der Waals surface area (Å²) in [5.41, 5.74) is 6.84. The fraction of sp³-hybridized carbons (Fsp3) is 0.143. The topological polar surface area (TPSA) is 78.4 Å². The Morgan fingerprint density at radius 1 is 1.25 bits per heavy atom. The average molecular weight is 293 g/mol. The number of nitrogens with zero attached hydrogens (tertiary/aromatic N) is 1. The van der Waals surface area contributed by atoms with Crippen LogP contribution in [0.5, 0.6) is 5.75 Å². The van der Waals surface area contributed by atoms with Gasteiger partial charge in [0.2, 0.25) is 0 Å². The van der Waals surface area contributed by atoms with Gasteiger partial charge in [0.05, 0.1) is 22.1 Å². The number of benzene rings is 2. The van der Waals surface area contributed by atoms with E-state index < -0.39 is 4.92 Å². The number of nitro groups is 1. The Bertz CT molecular complexity index is 605. The lowest BCUT2D eigenvalue weighted by Crippen LogP contribution is -2.19. The quantitative estimate of drug-likeness (QED) is 0.677. The van der Waals surface area contributed by atoms with Crippen LogP contribution in [0.15, 0.2) is 48.5 Å². The Morgan fingerprint density at radius 2 is 1.95 bits per heavy atom. The van der Waals surface area contributed by atoms with Crippen molar-refractivity contribution in [2.45, 2.75) is 6.04 Å². The highest BCUT2D eigenvalue weighted by Crippen LogP contribution is 2.29. The molecule has 1 atom stereocenters. The van der Waals surface area contributed by atoms with Crippen molar-refractivity contribution in [3.63, 3.8) is 0 Å². The Kier molecular flexibility index (Phi) is 4.55. The highest BCUT2D eigenvalue weighted by atomic mass is 35.5. The summed E-state index contributed by atoms with van der Waals surface area (Å²) in [6.07, 6.45) is 0. The van der Waals surface area contributed by atoms with Crippen LogP contribution in [-0.4, -0.2) is 11.5 Å². The van der Waals surface area contributed by atoms with Gasteiger partial charge in [0.25, 0.3) is 5.69 Å². The monoisotopic (exact) mass is 292 g/mol. The minimum atomic E-state index is -0.500. The molecule has 0 saturated carbocycles. The molecule has 2 rings (SSSR count). The molecule has 0 radical (unpaired) electrons. The molecule has 104 valence electrons. The molecule has 0 amide bonds. The molecule has 0 aliphatic rings. The molecular weight excluding hydrogens is 280 g/mol. The van der Waals surface area contributed by atoms with E-state index in [1.54, 1.807) is 0 Å². The molecule has 2 aromatic carbocycles. The van der Waals surface area contributed by atoms with Gasteiger partial charge in [-0.05, 0) is 11.6 Å². The zero-order valence-electron chi connectivity index (χ0n) is 10.5. The Balaban J connectivity index is 2.07. The van der Waals surface area contributed by atoms with Gasteiger partial charge in [-0.25, -0.2) is 0 Å². The molecule has 0 fully saturated rings. The maximum absolute atomic E-state index is 10.7. The third-order valence-electron chi connectivity index (χ3n) is 2.77. The van der Waals surface area contributed by atoms with Crippen LogP contribution in [0, 0.1) is 10.1 Å². The molecule has 0 heterocycles. The van der Waals surface area contributed by atoms with Crippen LogP contribution >= 0.6 is 11.6 Å². The largest absolute Gasteiger partial charge is 0.490 e.